The van der Waals surface area contributed by atoms with Crippen molar-refractivity contribution in [1.82, 2.24) is 15.2 Å². The minimum atomic E-state index is 0.00820. The molecule has 1 aliphatic rings. The van der Waals surface area contributed by atoms with Crippen molar-refractivity contribution < 1.29 is 0 Å². The van der Waals surface area contributed by atoms with Gasteiger partial charge in [0.1, 0.15) is 0 Å². The molecule has 1 aliphatic heterocycles. The molecule has 1 aromatic carbocycles. The highest BCUT2D eigenvalue weighted by Crippen LogP contribution is 2.30. The van der Waals surface area contributed by atoms with E-state index in [-0.39, 0.29) is 5.54 Å². The van der Waals surface area contributed by atoms with Crippen molar-refractivity contribution in [3.8, 4) is 0 Å². The van der Waals surface area contributed by atoms with Gasteiger partial charge in [0.15, 0.2) is 0 Å². The number of aromatic nitrogens is 1. The van der Waals surface area contributed by atoms with Crippen molar-refractivity contribution >= 4 is 15.9 Å². The van der Waals surface area contributed by atoms with Crippen LogP contribution in [0.3, 0.4) is 0 Å². The Bertz CT molecular complexity index is 585. The summed E-state index contributed by atoms with van der Waals surface area (Å²) in [6.07, 6.45) is 1.87. The molecule has 3 rings (SSSR count). The lowest BCUT2D eigenvalue weighted by molar-refractivity contribution is 0.0637. The monoisotopic (exact) mass is 345 g/mol. The van der Waals surface area contributed by atoms with Crippen LogP contribution in [0.4, 0.5) is 0 Å². The first kappa shape index (κ1) is 14.7. The van der Waals surface area contributed by atoms with Gasteiger partial charge in [-0.3, -0.25) is 9.88 Å². The molecule has 1 unspecified atom stereocenters. The zero-order valence-corrected chi connectivity index (χ0v) is 13.8. The molecule has 1 aromatic heterocycles. The summed E-state index contributed by atoms with van der Waals surface area (Å²) in [6, 6.07) is 14.9. The summed E-state index contributed by atoms with van der Waals surface area (Å²) >= 11 is 3.44. The Morgan fingerprint density at radius 3 is 2.76 bits per heavy atom. The number of benzene rings is 1. The number of hydrogen-bond donors (Lipinski definition) is 1. The molecule has 0 amide bonds. The van der Waals surface area contributed by atoms with E-state index in [1.807, 2.05) is 6.20 Å². The topological polar surface area (TPSA) is 28.2 Å². The lowest BCUT2D eigenvalue weighted by Gasteiger charge is -2.45. The van der Waals surface area contributed by atoms with Crippen LogP contribution >= 0.6 is 15.9 Å². The first-order valence-corrected chi connectivity index (χ1v) is 8.09. The standard InChI is InChI=1S/C17H20BrN3/c1-17(14-5-3-2-4-6-14)13-19-9-10-21(17)12-16-8-7-15(18)11-20-16/h2-8,11,19H,9-10,12-13H2,1H3. The van der Waals surface area contributed by atoms with E-state index in [1.54, 1.807) is 0 Å². The van der Waals surface area contributed by atoms with Crippen molar-refractivity contribution in [3.63, 3.8) is 0 Å². The predicted octanol–water partition coefficient (Wildman–Crippen LogP) is 3.16. The van der Waals surface area contributed by atoms with Crippen LogP contribution in [0.15, 0.2) is 53.1 Å². The number of nitrogens with one attached hydrogen (secondary N) is 1. The summed E-state index contributed by atoms with van der Waals surface area (Å²) in [5, 5.41) is 3.53. The Kier molecular flexibility index (Phi) is 4.38. The molecule has 0 radical (unpaired) electrons. The van der Waals surface area contributed by atoms with Gasteiger partial charge in [0.25, 0.3) is 0 Å². The largest absolute Gasteiger partial charge is 0.313 e. The first-order chi connectivity index (χ1) is 10.2. The molecule has 0 aliphatic carbocycles. The molecule has 0 spiro atoms. The minimum absolute atomic E-state index is 0.00820. The second-order valence-corrected chi connectivity index (χ2v) is 6.62. The maximum atomic E-state index is 4.52. The number of halogens is 1. The third kappa shape index (κ3) is 3.18. The Morgan fingerprint density at radius 2 is 2.05 bits per heavy atom. The van der Waals surface area contributed by atoms with Gasteiger partial charge >= 0.3 is 0 Å². The third-order valence-corrected chi connectivity index (χ3v) is 4.73. The van der Waals surface area contributed by atoms with Gasteiger partial charge in [0.2, 0.25) is 0 Å². The zero-order chi connectivity index (χ0) is 14.7. The zero-order valence-electron chi connectivity index (χ0n) is 12.2. The summed E-state index contributed by atoms with van der Waals surface area (Å²) in [4.78, 5) is 7.05. The van der Waals surface area contributed by atoms with Gasteiger partial charge in [-0.05, 0) is 40.5 Å². The molecule has 21 heavy (non-hydrogen) atoms. The van der Waals surface area contributed by atoms with Gasteiger partial charge in [0, 0.05) is 36.8 Å². The van der Waals surface area contributed by atoms with Crippen molar-refractivity contribution in [2.24, 2.45) is 0 Å². The van der Waals surface area contributed by atoms with Crippen LogP contribution in [0.2, 0.25) is 0 Å². The highest BCUT2D eigenvalue weighted by Gasteiger charge is 2.35. The Labute approximate surface area is 134 Å². The highest BCUT2D eigenvalue weighted by molar-refractivity contribution is 9.10. The second kappa shape index (κ2) is 6.26. The van der Waals surface area contributed by atoms with Gasteiger partial charge in [-0.25, -0.2) is 0 Å². The van der Waals surface area contributed by atoms with Crippen LogP contribution in [0.25, 0.3) is 0 Å². The minimum Gasteiger partial charge on any atom is -0.313 e. The van der Waals surface area contributed by atoms with Crippen molar-refractivity contribution in [2.45, 2.75) is 19.0 Å². The van der Waals surface area contributed by atoms with Crippen LogP contribution in [0.1, 0.15) is 18.2 Å². The normalized spacial score (nSPS) is 23.1. The second-order valence-electron chi connectivity index (χ2n) is 5.71. The van der Waals surface area contributed by atoms with Crippen LogP contribution < -0.4 is 5.32 Å². The number of nitrogens with zero attached hydrogens (tertiary/aromatic N) is 2. The lowest BCUT2D eigenvalue weighted by Crippen LogP contribution is -2.57. The SMILES string of the molecule is CC1(c2ccccc2)CNCCN1Cc1ccc(Br)cn1. The number of pyridine rings is 1. The van der Waals surface area contributed by atoms with Crippen molar-refractivity contribution in [1.29, 1.82) is 0 Å². The quantitative estimate of drug-likeness (QED) is 0.925. The van der Waals surface area contributed by atoms with Crippen LogP contribution in [-0.4, -0.2) is 29.5 Å². The summed E-state index contributed by atoms with van der Waals surface area (Å²) in [5.74, 6) is 0. The maximum absolute atomic E-state index is 4.52. The highest BCUT2D eigenvalue weighted by atomic mass is 79.9. The number of piperazine rings is 1. The fraction of sp³-hybridized carbons (Fsp3) is 0.353. The molecule has 110 valence electrons. The van der Waals surface area contributed by atoms with E-state index in [9.17, 15) is 0 Å². The van der Waals surface area contributed by atoms with Crippen molar-refractivity contribution in [2.75, 3.05) is 19.6 Å². The Morgan fingerprint density at radius 1 is 1.24 bits per heavy atom. The molecule has 2 aromatic rings. The lowest BCUT2D eigenvalue weighted by atomic mass is 9.88. The fourth-order valence-electron chi connectivity index (χ4n) is 2.94. The summed E-state index contributed by atoms with van der Waals surface area (Å²) in [5.41, 5.74) is 2.48. The summed E-state index contributed by atoms with van der Waals surface area (Å²) in [7, 11) is 0. The van der Waals surface area contributed by atoms with E-state index in [4.69, 9.17) is 0 Å². The maximum Gasteiger partial charge on any atom is 0.0561 e. The van der Waals surface area contributed by atoms with Crippen LogP contribution in [0.5, 0.6) is 0 Å². The molecule has 0 saturated carbocycles. The van der Waals surface area contributed by atoms with E-state index in [0.29, 0.717) is 0 Å². The average molecular weight is 346 g/mol. The molecular formula is C17H20BrN3. The average Bonchev–Trinajstić information content (AvgIpc) is 2.53. The van der Waals surface area contributed by atoms with Gasteiger partial charge in [0.05, 0.1) is 11.2 Å². The smallest absolute Gasteiger partial charge is 0.0561 e. The van der Waals surface area contributed by atoms with Gasteiger partial charge in [-0.1, -0.05) is 30.3 Å². The van der Waals surface area contributed by atoms with E-state index in [1.165, 1.54) is 5.56 Å². The van der Waals surface area contributed by atoms with E-state index in [2.05, 4.69) is 80.5 Å². The van der Waals surface area contributed by atoms with Gasteiger partial charge < -0.3 is 5.32 Å². The molecule has 3 nitrogen and oxygen atoms in total. The molecule has 4 heteroatoms. The summed E-state index contributed by atoms with van der Waals surface area (Å²) < 4.78 is 1.03. The first-order valence-electron chi connectivity index (χ1n) is 7.30. The number of rotatable bonds is 3. The molecule has 2 heterocycles. The van der Waals surface area contributed by atoms with E-state index in [0.717, 1.165) is 36.3 Å². The van der Waals surface area contributed by atoms with Gasteiger partial charge in [-0.2, -0.15) is 0 Å². The van der Waals surface area contributed by atoms with Gasteiger partial charge in [-0.15, -0.1) is 0 Å². The van der Waals surface area contributed by atoms with Crippen LogP contribution in [-0.2, 0) is 12.1 Å². The Balaban J connectivity index is 1.86. The van der Waals surface area contributed by atoms with Crippen LogP contribution in [0, 0.1) is 0 Å². The van der Waals surface area contributed by atoms with E-state index >= 15 is 0 Å². The summed E-state index contributed by atoms with van der Waals surface area (Å²) in [6.45, 7) is 6.21. The molecule has 1 fully saturated rings. The molecule has 1 atom stereocenters. The fourth-order valence-corrected chi connectivity index (χ4v) is 3.17. The molecule has 1 saturated heterocycles. The van der Waals surface area contributed by atoms with Crippen molar-refractivity contribution in [3.05, 3.63) is 64.4 Å². The van der Waals surface area contributed by atoms with E-state index < -0.39 is 0 Å². The third-order valence-electron chi connectivity index (χ3n) is 4.26. The molecular weight excluding hydrogens is 326 g/mol. The number of hydrogen-bond acceptors (Lipinski definition) is 3. The Hall–Kier alpha value is -1.23. The molecule has 1 N–H and O–H groups in total. The predicted molar refractivity (Wildman–Crippen MR) is 89.0 cm³/mol. The molecule has 0 bridgehead atoms.